The molecule has 1 fully saturated rings. The van der Waals surface area contributed by atoms with Gasteiger partial charge in [0.2, 0.25) is 0 Å². The molecule has 1 N–H and O–H groups in total. The Labute approximate surface area is 228 Å². The van der Waals surface area contributed by atoms with Gasteiger partial charge in [-0.15, -0.1) is 11.8 Å². The molecule has 0 amide bonds. The minimum absolute atomic E-state index is 0.0711. The Balaban J connectivity index is 1.44. The average Bonchev–Trinajstić information content (AvgIpc) is 2.92. The summed E-state index contributed by atoms with van der Waals surface area (Å²) in [7, 11) is 5.36. The molecule has 0 aliphatic carbocycles. The number of fused-ring (bicyclic) bond motifs is 1. The number of likely N-dealkylation sites (tertiary alicyclic amines) is 1. The number of hydrogen-bond donors (Lipinski definition) is 1. The maximum absolute atomic E-state index is 16.1. The molecule has 38 heavy (non-hydrogen) atoms. The van der Waals surface area contributed by atoms with Crippen molar-refractivity contribution in [1.82, 2.24) is 14.9 Å². The first-order chi connectivity index (χ1) is 18.3. The van der Waals surface area contributed by atoms with Gasteiger partial charge in [0.15, 0.2) is 0 Å². The molecule has 3 heterocycles. The molecule has 1 saturated heterocycles. The van der Waals surface area contributed by atoms with Crippen LogP contribution in [0.2, 0.25) is 0 Å². The van der Waals surface area contributed by atoms with E-state index >= 15 is 4.39 Å². The monoisotopic (exact) mass is 540 g/mol. The number of aliphatic carboxylic acids is 1. The molecule has 0 spiro atoms. The zero-order chi connectivity index (χ0) is 27.1. The van der Waals surface area contributed by atoms with Crippen LogP contribution < -0.4 is 9.64 Å². The van der Waals surface area contributed by atoms with Gasteiger partial charge in [0.1, 0.15) is 11.9 Å². The first kappa shape index (κ1) is 28.1. The molecule has 0 saturated carbocycles. The van der Waals surface area contributed by atoms with E-state index in [0.717, 1.165) is 54.3 Å². The highest BCUT2D eigenvalue weighted by atomic mass is 32.2. The smallest absolute Gasteiger partial charge is 0.303 e. The Morgan fingerprint density at radius 1 is 1.24 bits per heavy atom. The largest absolute Gasteiger partial charge is 0.497 e. The first-order valence-corrected chi connectivity index (χ1v) is 14.0. The van der Waals surface area contributed by atoms with Crippen LogP contribution >= 0.6 is 11.8 Å². The van der Waals surface area contributed by atoms with Crippen LogP contribution in [0.4, 0.5) is 10.1 Å². The lowest BCUT2D eigenvalue weighted by Crippen LogP contribution is -2.42. The number of piperidine rings is 1. The summed E-state index contributed by atoms with van der Waals surface area (Å²) in [5.74, 6) is 0.772. The molecule has 0 bridgehead atoms. The Kier molecular flexibility index (Phi) is 9.44. The van der Waals surface area contributed by atoms with E-state index in [0.29, 0.717) is 23.3 Å². The van der Waals surface area contributed by atoms with Gasteiger partial charge in [-0.25, -0.2) is 9.37 Å². The van der Waals surface area contributed by atoms with Gasteiger partial charge in [0, 0.05) is 43.5 Å². The van der Waals surface area contributed by atoms with Crippen molar-refractivity contribution in [2.75, 3.05) is 51.5 Å². The summed E-state index contributed by atoms with van der Waals surface area (Å²) < 4.78 is 21.5. The van der Waals surface area contributed by atoms with Crippen molar-refractivity contribution in [2.24, 2.45) is 5.41 Å². The number of nitrogens with zero attached hydrogens (tertiary/aromatic N) is 4. The number of pyridine rings is 2. The molecule has 3 aromatic rings. The molecule has 1 aromatic carbocycles. The van der Waals surface area contributed by atoms with Crippen molar-refractivity contribution in [2.45, 2.75) is 43.3 Å². The van der Waals surface area contributed by atoms with Gasteiger partial charge in [-0.3, -0.25) is 9.78 Å². The summed E-state index contributed by atoms with van der Waals surface area (Å²) in [6.45, 7) is 2.57. The number of methoxy groups -OCH3 is 1. The van der Waals surface area contributed by atoms with Crippen LogP contribution in [0.5, 0.6) is 5.75 Å². The van der Waals surface area contributed by atoms with Gasteiger partial charge in [0.25, 0.3) is 0 Å². The summed E-state index contributed by atoms with van der Waals surface area (Å²) in [6, 6.07) is 11.4. The van der Waals surface area contributed by atoms with Crippen LogP contribution in [0.3, 0.4) is 0 Å². The normalized spacial score (nSPS) is 16.3. The standard InChI is InChI=1S/C29H37FN4O3S/c1-33(2)25-20-32-24-8-7-21(37-3)18-22(24)28(25)23(30)9-10-29(19-27(35)36)11-14-34(15-12-29)16-17-38-26-6-4-5-13-31-26/h4-8,13,18,20,23H,9-12,14-17,19H2,1-3H3,(H,35,36)/t23-/m0/s1. The molecule has 4 rings (SSSR count). The van der Waals surface area contributed by atoms with Crippen molar-refractivity contribution in [1.29, 1.82) is 0 Å². The summed E-state index contributed by atoms with van der Waals surface area (Å²) in [4.78, 5) is 25.0. The molecular formula is C29H37FN4O3S. The van der Waals surface area contributed by atoms with E-state index in [9.17, 15) is 9.90 Å². The van der Waals surface area contributed by atoms with E-state index in [1.807, 2.05) is 55.4 Å². The molecule has 0 radical (unpaired) electrons. The van der Waals surface area contributed by atoms with E-state index < -0.39 is 17.6 Å². The van der Waals surface area contributed by atoms with Gasteiger partial charge < -0.3 is 19.6 Å². The van der Waals surface area contributed by atoms with E-state index in [1.165, 1.54) is 0 Å². The zero-order valence-corrected chi connectivity index (χ0v) is 23.2. The first-order valence-electron chi connectivity index (χ1n) is 13.1. The maximum atomic E-state index is 16.1. The highest BCUT2D eigenvalue weighted by Gasteiger charge is 2.37. The fraction of sp³-hybridized carbons (Fsp3) is 0.483. The van der Waals surface area contributed by atoms with Crippen molar-refractivity contribution < 1.29 is 19.0 Å². The number of halogens is 1. The SMILES string of the molecule is COc1ccc2ncc(N(C)C)c([C@@H](F)CCC3(CC(=O)O)CCN(CCSc4ccccn4)CC3)c2c1. The second-order valence-electron chi connectivity index (χ2n) is 10.3. The zero-order valence-electron chi connectivity index (χ0n) is 22.4. The summed E-state index contributed by atoms with van der Waals surface area (Å²) in [5, 5.41) is 11.5. The van der Waals surface area contributed by atoms with E-state index in [1.54, 1.807) is 31.3 Å². The number of carboxylic acid groups (broad SMARTS) is 1. The lowest BCUT2D eigenvalue weighted by atomic mass is 9.71. The predicted octanol–water partition coefficient (Wildman–Crippen LogP) is 5.84. The average molecular weight is 541 g/mol. The Bertz CT molecular complexity index is 1220. The highest BCUT2D eigenvalue weighted by molar-refractivity contribution is 7.99. The number of ether oxygens (including phenoxy) is 1. The Morgan fingerprint density at radius 3 is 2.68 bits per heavy atom. The van der Waals surface area contributed by atoms with Crippen molar-refractivity contribution in [3.63, 3.8) is 0 Å². The van der Waals surface area contributed by atoms with Gasteiger partial charge in [-0.2, -0.15) is 0 Å². The number of benzene rings is 1. The number of hydrogen-bond acceptors (Lipinski definition) is 7. The highest BCUT2D eigenvalue weighted by Crippen LogP contribution is 2.44. The van der Waals surface area contributed by atoms with Gasteiger partial charge in [-0.1, -0.05) is 6.07 Å². The third kappa shape index (κ3) is 6.94. The molecule has 1 aliphatic heterocycles. The lowest BCUT2D eigenvalue weighted by Gasteiger charge is -2.41. The number of rotatable bonds is 12. The summed E-state index contributed by atoms with van der Waals surface area (Å²) in [6.07, 6.45) is 4.64. The number of thioether (sulfide) groups is 1. The van der Waals surface area contributed by atoms with E-state index in [-0.39, 0.29) is 12.8 Å². The molecule has 1 atom stereocenters. The molecular weight excluding hydrogens is 503 g/mol. The fourth-order valence-corrected chi connectivity index (χ4v) is 6.24. The van der Waals surface area contributed by atoms with Crippen LogP contribution in [0.1, 0.15) is 43.8 Å². The minimum atomic E-state index is -1.25. The number of alkyl halides is 1. The van der Waals surface area contributed by atoms with Crippen LogP contribution in [0.25, 0.3) is 10.9 Å². The molecule has 7 nitrogen and oxygen atoms in total. The maximum Gasteiger partial charge on any atom is 0.303 e. The van der Waals surface area contributed by atoms with Crippen LogP contribution in [0.15, 0.2) is 53.8 Å². The number of aromatic nitrogens is 2. The molecule has 0 unspecified atom stereocenters. The second kappa shape index (κ2) is 12.8. The fourth-order valence-electron chi connectivity index (χ4n) is 5.37. The van der Waals surface area contributed by atoms with Gasteiger partial charge >= 0.3 is 5.97 Å². The van der Waals surface area contributed by atoms with Crippen molar-refractivity contribution in [3.05, 3.63) is 54.4 Å². The molecule has 2 aromatic heterocycles. The summed E-state index contributed by atoms with van der Waals surface area (Å²) >= 11 is 1.73. The number of carboxylic acids is 1. The van der Waals surface area contributed by atoms with E-state index in [4.69, 9.17) is 4.74 Å². The third-order valence-electron chi connectivity index (χ3n) is 7.56. The topological polar surface area (TPSA) is 78.8 Å². The van der Waals surface area contributed by atoms with Crippen LogP contribution in [-0.2, 0) is 4.79 Å². The quantitative estimate of drug-likeness (QED) is 0.287. The van der Waals surface area contributed by atoms with E-state index in [2.05, 4.69) is 14.9 Å². The van der Waals surface area contributed by atoms with Gasteiger partial charge in [0.05, 0.1) is 36.0 Å². The molecule has 9 heteroatoms. The Morgan fingerprint density at radius 2 is 2.03 bits per heavy atom. The van der Waals surface area contributed by atoms with Crippen molar-refractivity contribution in [3.8, 4) is 5.75 Å². The third-order valence-corrected chi connectivity index (χ3v) is 8.48. The predicted molar refractivity (Wildman–Crippen MR) is 151 cm³/mol. The van der Waals surface area contributed by atoms with Crippen molar-refractivity contribution >= 4 is 34.3 Å². The summed E-state index contributed by atoms with van der Waals surface area (Å²) in [5.41, 5.74) is 1.63. The number of anilines is 1. The Hall–Kier alpha value is -2.91. The number of carbonyl (C=O) groups is 1. The van der Waals surface area contributed by atoms with Gasteiger partial charge in [-0.05, 0) is 74.5 Å². The second-order valence-corrected chi connectivity index (χ2v) is 11.4. The van der Waals surface area contributed by atoms with Crippen LogP contribution in [-0.4, -0.2) is 72.5 Å². The molecule has 1 aliphatic rings. The lowest BCUT2D eigenvalue weighted by molar-refractivity contribution is -0.141. The molecule has 204 valence electrons. The van der Waals surface area contributed by atoms with Crippen LogP contribution in [0, 0.1) is 5.41 Å². The minimum Gasteiger partial charge on any atom is -0.497 e.